The highest BCUT2D eigenvalue weighted by Gasteiger charge is 2.16. The summed E-state index contributed by atoms with van der Waals surface area (Å²) in [4.78, 5) is 12.2. The SMILES string of the molecule is COc1ccc(C#N)cc1C=C(C#N)c1cn(C(=O)CN)c2ccc(Br)cc12. The molecular weight excluding hydrogens is 420 g/mol. The van der Waals surface area contributed by atoms with E-state index in [-0.39, 0.29) is 12.5 Å². The van der Waals surface area contributed by atoms with Gasteiger partial charge in [0.25, 0.3) is 0 Å². The fraction of sp³-hybridized carbons (Fsp3) is 0.0952. The highest BCUT2D eigenvalue weighted by molar-refractivity contribution is 9.10. The van der Waals surface area contributed by atoms with E-state index in [1.807, 2.05) is 12.1 Å². The first kappa shape index (κ1) is 19.4. The van der Waals surface area contributed by atoms with Crippen LogP contribution in [0.25, 0.3) is 22.6 Å². The minimum atomic E-state index is -0.278. The number of nitriles is 2. The smallest absolute Gasteiger partial charge is 0.244 e. The van der Waals surface area contributed by atoms with Crippen LogP contribution < -0.4 is 10.5 Å². The minimum Gasteiger partial charge on any atom is -0.496 e. The van der Waals surface area contributed by atoms with Crippen molar-refractivity contribution in [2.45, 2.75) is 0 Å². The summed E-state index contributed by atoms with van der Waals surface area (Å²) in [7, 11) is 1.52. The molecule has 7 heteroatoms. The molecule has 1 aromatic heterocycles. The lowest BCUT2D eigenvalue weighted by atomic mass is 10.0. The van der Waals surface area contributed by atoms with Crippen LogP contribution >= 0.6 is 15.9 Å². The number of rotatable bonds is 4. The first-order valence-corrected chi connectivity index (χ1v) is 9.05. The highest BCUT2D eigenvalue weighted by Crippen LogP contribution is 2.32. The minimum absolute atomic E-state index is 0.150. The van der Waals surface area contributed by atoms with Gasteiger partial charge in [-0.2, -0.15) is 10.5 Å². The predicted octanol–water partition coefficient (Wildman–Crippen LogP) is 3.95. The molecule has 3 aromatic rings. The van der Waals surface area contributed by atoms with Gasteiger partial charge in [-0.25, -0.2) is 0 Å². The van der Waals surface area contributed by atoms with Crippen molar-refractivity contribution in [3.63, 3.8) is 0 Å². The van der Waals surface area contributed by atoms with Crippen LogP contribution in [0, 0.1) is 22.7 Å². The molecule has 0 fully saturated rings. The lowest BCUT2D eigenvalue weighted by Crippen LogP contribution is -2.20. The van der Waals surface area contributed by atoms with Crippen LogP contribution in [0.2, 0.25) is 0 Å². The average Bonchev–Trinajstić information content (AvgIpc) is 3.09. The van der Waals surface area contributed by atoms with Crippen LogP contribution in [0.1, 0.15) is 21.5 Å². The molecule has 0 unspecified atom stereocenters. The number of hydrogen-bond acceptors (Lipinski definition) is 5. The largest absolute Gasteiger partial charge is 0.496 e. The van der Waals surface area contributed by atoms with Crippen LogP contribution in [0.5, 0.6) is 5.75 Å². The van der Waals surface area contributed by atoms with Crippen LogP contribution in [0.4, 0.5) is 0 Å². The van der Waals surface area contributed by atoms with Crippen molar-refractivity contribution in [2.24, 2.45) is 5.73 Å². The monoisotopic (exact) mass is 434 g/mol. The molecule has 2 N–H and O–H groups in total. The average molecular weight is 435 g/mol. The summed E-state index contributed by atoms with van der Waals surface area (Å²) in [5.74, 6) is 0.259. The van der Waals surface area contributed by atoms with Crippen LogP contribution in [-0.2, 0) is 0 Å². The molecule has 0 atom stereocenters. The zero-order valence-corrected chi connectivity index (χ0v) is 16.5. The van der Waals surface area contributed by atoms with Gasteiger partial charge in [0.1, 0.15) is 5.75 Å². The van der Waals surface area contributed by atoms with Gasteiger partial charge >= 0.3 is 0 Å². The Hall–Kier alpha value is -3.39. The van der Waals surface area contributed by atoms with E-state index < -0.39 is 0 Å². The highest BCUT2D eigenvalue weighted by atomic mass is 79.9. The van der Waals surface area contributed by atoms with Gasteiger partial charge in [-0.15, -0.1) is 0 Å². The van der Waals surface area contributed by atoms with Gasteiger partial charge in [0.2, 0.25) is 5.91 Å². The number of fused-ring (bicyclic) bond motifs is 1. The maximum Gasteiger partial charge on any atom is 0.244 e. The lowest BCUT2D eigenvalue weighted by Gasteiger charge is -2.06. The third-order valence-electron chi connectivity index (χ3n) is 4.28. The van der Waals surface area contributed by atoms with Crippen molar-refractivity contribution in [3.8, 4) is 17.9 Å². The second-order valence-electron chi connectivity index (χ2n) is 5.91. The Morgan fingerprint density at radius 1 is 1.29 bits per heavy atom. The molecule has 2 aromatic carbocycles. The number of allylic oxidation sites excluding steroid dienone is 1. The predicted molar refractivity (Wildman–Crippen MR) is 111 cm³/mol. The molecule has 0 bridgehead atoms. The molecule has 1 heterocycles. The van der Waals surface area contributed by atoms with E-state index >= 15 is 0 Å². The number of carbonyl (C=O) groups excluding carboxylic acids is 1. The van der Waals surface area contributed by atoms with Crippen molar-refractivity contribution < 1.29 is 9.53 Å². The van der Waals surface area contributed by atoms with Crippen molar-refractivity contribution in [3.05, 3.63) is 63.8 Å². The molecule has 28 heavy (non-hydrogen) atoms. The van der Waals surface area contributed by atoms with Crippen LogP contribution in [-0.4, -0.2) is 24.1 Å². The van der Waals surface area contributed by atoms with E-state index in [9.17, 15) is 10.1 Å². The van der Waals surface area contributed by atoms with E-state index in [0.717, 1.165) is 9.86 Å². The van der Waals surface area contributed by atoms with Crippen molar-refractivity contribution >= 4 is 44.4 Å². The lowest BCUT2D eigenvalue weighted by molar-refractivity contribution is 0.0928. The van der Waals surface area contributed by atoms with E-state index in [2.05, 4.69) is 28.1 Å². The third kappa shape index (κ3) is 3.54. The number of halogens is 1. The number of methoxy groups -OCH3 is 1. The normalized spacial score (nSPS) is 11.1. The fourth-order valence-corrected chi connectivity index (χ4v) is 3.33. The summed E-state index contributed by atoms with van der Waals surface area (Å²) in [6.45, 7) is -0.150. The summed E-state index contributed by atoms with van der Waals surface area (Å²) < 4.78 is 7.62. The quantitative estimate of drug-likeness (QED) is 0.625. The van der Waals surface area contributed by atoms with E-state index in [1.165, 1.54) is 11.7 Å². The van der Waals surface area contributed by atoms with E-state index in [0.29, 0.717) is 33.5 Å². The number of ether oxygens (including phenoxy) is 1. The maximum absolute atomic E-state index is 12.2. The molecule has 0 aliphatic heterocycles. The Morgan fingerprint density at radius 2 is 2.07 bits per heavy atom. The Labute approximate surface area is 170 Å². The van der Waals surface area contributed by atoms with Crippen LogP contribution in [0.3, 0.4) is 0 Å². The first-order chi connectivity index (χ1) is 13.5. The molecule has 6 nitrogen and oxygen atoms in total. The van der Waals surface area contributed by atoms with Crippen molar-refractivity contribution in [2.75, 3.05) is 13.7 Å². The third-order valence-corrected chi connectivity index (χ3v) is 4.77. The zero-order chi connectivity index (χ0) is 20.3. The molecule has 0 radical (unpaired) electrons. The fourth-order valence-electron chi connectivity index (χ4n) is 2.96. The molecule has 0 amide bonds. The Bertz CT molecular complexity index is 1200. The number of nitrogens with two attached hydrogens (primary N) is 1. The van der Waals surface area contributed by atoms with Crippen molar-refractivity contribution in [1.82, 2.24) is 4.57 Å². The Kier molecular flexibility index (Phi) is 5.60. The Morgan fingerprint density at radius 3 is 2.71 bits per heavy atom. The molecular formula is C21H15BrN4O2. The molecule has 0 aliphatic carbocycles. The first-order valence-electron chi connectivity index (χ1n) is 8.26. The number of carbonyl (C=O) groups is 1. The molecule has 0 saturated heterocycles. The van der Waals surface area contributed by atoms with Gasteiger partial charge in [-0.1, -0.05) is 15.9 Å². The molecule has 138 valence electrons. The van der Waals surface area contributed by atoms with E-state index in [1.54, 1.807) is 36.5 Å². The second kappa shape index (κ2) is 8.10. The van der Waals surface area contributed by atoms with Gasteiger partial charge in [0.15, 0.2) is 0 Å². The zero-order valence-electron chi connectivity index (χ0n) is 14.9. The van der Waals surface area contributed by atoms with Crippen molar-refractivity contribution in [1.29, 1.82) is 10.5 Å². The number of nitrogens with zero attached hydrogens (tertiary/aromatic N) is 3. The van der Waals surface area contributed by atoms with Gasteiger partial charge in [0, 0.05) is 27.2 Å². The van der Waals surface area contributed by atoms with Gasteiger partial charge in [-0.3, -0.25) is 9.36 Å². The summed E-state index contributed by atoms with van der Waals surface area (Å²) in [5.41, 5.74) is 8.16. The maximum atomic E-state index is 12.2. The molecule has 0 aliphatic rings. The summed E-state index contributed by atoms with van der Waals surface area (Å²) in [6, 6.07) is 14.7. The number of benzene rings is 2. The molecule has 0 spiro atoms. The summed E-state index contributed by atoms with van der Waals surface area (Å²) >= 11 is 3.43. The van der Waals surface area contributed by atoms with Gasteiger partial charge in [0.05, 0.1) is 42.4 Å². The van der Waals surface area contributed by atoms with Crippen LogP contribution in [0.15, 0.2) is 47.1 Å². The second-order valence-corrected chi connectivity index (χ2v) is 6.83. The standard InChI is InChI=1S/C21H15BrN4O2/c1-28-20-5-2-13(9-23)6-14(20)7-15(10-24)18-12-26(21(27)11-25)19-4-3-16(22)8-17(18)19/h2-8,12H,11,25H2,1H3. The molecule has 3 rings (SSSR count). The summed E-state index contributed by atoms with van der Waals surface area (Å²) in [6.07, 6.45) is 3.26. The topological polar surface area (TPSA) is 105 Å². The Balaban J connectivity index is 2.27. The van der Waals surface area contributed by atoms with Gasteiger partial charge < -0.3 is 10.5 Å². The summed E-state index contributed by atoms with van der Waals surface area (Å²) in [5, 5.41) is 19.7. The van der Waals surface area contributed by atoms with E-state index in [4.69, 9.17) is 15.7 Å². The number of hydrogen-bond donors (Lipinski definition) is 1. The number of aromatic nitrogens is 1. The molecule has 0 saturated carbocycles. The van der Waals surface area contributed by atoms with Gasteiger partial charge in [-0.05, 0) is 42.5 Å².